The van der Waals surface area contributed by atoms with Crippen LogP contribution in [0.2, 0.25) is 0 Å². The summed E-state index contributed by atoms with van der Waals surface area (Å²) < 4.78 is 0. The molecule has 0 atom stereocenters. The van der Waals surface area contributed by atoms with E-state index in [1.54, 1.807) is 17.7 Å². The molecule has 2 aromatic heterocycles. The van der Waals surface area contributed by atoms with Gasteiger partial charge in [0, 0.05) is 37.1 Å². The molecule has 31 heavy (non-hydrogen) atoms. The van der Waals surface area contributed by atoms with Gasteiger partial charge < -0.3 is 15.1 Å². The second-order valence-electron chi connectivity index (χ2n) is 8.54. The van der Waals surface area contributed by atoms with E-state index in [1.165, 1.54) is 16.5 Å². The van der Waals surface area contributed by atoms with Gasteiger partial charge in [0.1, 0.15) is 17.0 Å². The van der Waals surface area contributed by atoms with Crippen molar-refractivity contribution in [3.63, 3.8) is 0 Å². The predicted molar refractivity (Wildman–Crippen MR) is 126 cm³/mol. The molecule has 4 heterocycles. The van der Waals surface area contributed by atoms with Crippen LogP contribution in [0.4, 0.5) is 5.82 Å². The molecule has 0 saturated carbocycles. The summed E-state index contributed by atoms with van der Waals surface area (Å²) in [5, 5.41) is 6.78. The Balaban J connectivity index is 1.22. The number of fused-ring (bicyclic) bond motifs is 1. The van der Waals surface area contributed by atoms with Crippen LogP contribution in [0.3, 0.4) is 0 Å². The normalized spacial score (nSPS) is 17.5. The van der Waals surface area contributed by atoms with Crippen LogP contribution in [0.25, 0.3) is 21.3 Å². The second-order valence-corrected chi connectivity index (χ2v) is 9.40. The van der Waals surface area contributed by atoms with Gasteiger partial charge in [-0.1, -0.05) is 30.3 Å². The van der Waals surface area contributed by atoms with Gasteiger partial charge in [-0.25, -0.2) is 9.97 Å². The lowest BCUT2D eigenvalue weighted by Gasteiger charge is -2.33. The van der Waals surface area contributed by atoms with E-state index in [0.717, 1.165) is 69.1 Å². The third-order valence-corrected chi connectivity index (χ3v) is 7.40. The van der Waals surface area contributed by atoms with Crippen LogP contribution in [0, 0.1) is 5.92 Å². The van der Waals surface area contributed by atoms with E-state index < -0.39 is 0 Å². The first kappa shape index (κ1) is 20.4. The molecule has 2 fully saturated rings. The van der Waals surface area contributed by atoms with Gasteiger partial charge in [-0.2, -0.15) is 0 Å². The van der Waals surface area contributed by atoms with Gasteiger partial charge >= 0.3 is 0 Å². The Bertz CT molecular complexity index is 1020. The number of amides is 1. The summed E-state index contributed by atoms with van der Waals surface area (Å²) in [5.41, 5.74) is 2.44. The summed E-state index contributed by atoms with van der Waals surface area (Å²) in [6.07, 6.45) is 6.22. The average molecular weight is 436 g/mol. The first-order valence-corrected chi connectivity index (χ1v) is 12.2. The monoisotopic (exact) mass is 435 g/mol. The van der Waals surface area contributed by atoms with Crippen molar-refractivity contribution >= 4 is 33.3 Å². The Kier molecular flexibility index (Phi) is 6.13. The molecular weight excluding hydrogens is 406 g/mol. The van der Waals surface area contributed by atoms with E-state index in [0.29, 0.717) is 12.5 Å². The van der Waals surface area contributed by atoms with Crippen molar-refractivity contribution in [3.8, 4) is 11.1 Å². The lowest BCUT2D eigenvalue weighted by atomic mass is 9.96. The number of carbonyl (C=O) groups is 1. The summed E-state index contributed by atoms with van der Waals surface area (Å²) in [6.45, 7) is 5.23. The van der Waals surface area contributed by atoms with E-state index in [-0.39, 0.29) is 5.91 Å². The predicted octanol–water partition coefficient (Wildman–Crippen LogP) is 3.79. The molecule has 2 saturated heterocycles. The topological polar surface area (TPSA) is 61.4 Å². The number of likely N-dealkylation sites (tertiary alicyclic amines) is 1. The molecule has 0 unspecified atom stereocenters. The van der Waals surface area contributed by atoms with Crippen LogP contribution in [0.5, 0.6) is 0 Å². The minimum Gasteiger partial charge on any atom is -0.356 e. The number of carbonyl (C=O) groups excluding carboxylic acids is 1. The molecule has 1 N–H and O–H groups in total. The van der Waals surface area contributed by atoms with Crippen LogP contribution in [-0.4, -0.2) is 60.0 Å². The highest BCUT2D eigenvalue weighted by atomic mass is 32.1. The van der Waals surface area contributed by atoms with Gasteiger partial charge in [0.25, 0.3) is 0 Å². The number of piperidine rings is 1. The van der Waals surface area contributed by atoms with Crippen LogP contribution in [0.15, 0.2) is 42.0 Å². The lowest BCUT2D eigenvalue weighted by Crippen LogP contribution is -2.41. The van der Waals surface area contributed by atoms with Crippen molar-refractivity contribution in [3.05, 3.63) is 42.0 Å². The van der Waals surface area contributed by atoms with Gasteiger partial charge in [-0.15, -0.1) is 11.3 Å². The van der Waals surface area contributed by atoms with Gasteiger partial charge in [0.05, 0.1) is 11.9 Å². The maximum atomic E-state index is 12.2. The van der Waals surface area contributed by atoms with E-state index in [1.807, 2.05) is 11.0 Å². The zero-order chi connectivity index (χ0) is 21.0. The van der Waals surface area contributed by atoms with Crippen molar-refractivity contribution in [2.45, 2.75) is 25.7 Å². The Labute approximate surface area is 187 Å². The quantitative estimate of drug-likeness (QED) is 0.638. The van der Waals surface area contributed by atoms with E-state index in [4.69, 9.17) is 4.98 Å². The SMILES string of the molecule is O=C(CNCC1CCN(c2ncnc3scc(-c4ccccc4)c23)CC1)N1CCCC1. The molecule has 2 aliphatic heterocycles. The summed E-state index contributed by atoms with van der Waals surface area (Å²) in [7, 11) is 0. The Morgan fingerprint density at radius 3 is 2.61 bits per heavy atom. The molecule has 1 amide bonds. The van der Waals surface area contributed by atoms with E-state index >= 15 is 0 Å². The first-order valence-electron chi connectivity index (χ1n) is 11.3. The van der Waals surface area contributed by atoms with Gasteiger partial charge in [-0.3, -0.25) is 4.79 Å². The molecule has 162 valence electrons. The lowest BCUT2D eigenvalue weighted by molar-refractivity contribution is -0.129. The molecule has 1 aromatic carbocycles. The Morgan fingerprint density at radius 1 is 1.06 bits per heavy atom. The number of nitrogens with zero attached hydrogens (tertiary/aromatic N) is 4. The highest BCUT2D eigenvalue weighted by Crippen LogP contribution is 2.38. The maximum absolute atomic E-state index is 12.2. The summed E-state index contributed by atoms with van der Waals surface area (Å²) in [6, 6.07) is 10.5. The molecule has 6 nitrogen and oxygen atoms in total. The third-order valence-electron chi connectivity index (χ3n) is 6.52. The highest BCUT2D eigenvalue weighted by molar-refractivity contribution is 7.17. The number of thiophene rings is 1. The molecule has 7 heteroatoms. The fourth-order valence-corrected chi connectivity index (χ4v) is 5.65. The zero-order valence-corrected chi connectivity index (χ0v) is 18.6. The molecule has 0 radical (unpaired) electrons. The van der Waals surface area contributed by atoms with Crippen molar-refractivity contribution in [2.24, 2.45) is 5.92 Å². The fourth-order valence-electron chi connectivity index (χ4n) is 4.74. The average Bonchev–Trinajstić information content (AvgIpc) is 3.50. The molecule has 0 spiro atoms. The largest absolute Gasteiger partial charge is 0.356 e. The van der Waals surface area contributed by atoms with Crippen LogP contribution >= 0.6 is 11.3 Å². The molecule has 5 rings (SSSR count). The van der Waals surface area contributed by atoms with Gasteiger partial charge in [0.2, 0.25) is 5.91 Å². The number of hydrogen-bond donors (Lipinski definition) is 1. The van der Waals surface area contributed by atoms with E-state index in [2.05, 4.69) is 44.8 Å². The standard InChI is InChI=1S/C24H29N5OS/c30-21(28-10-4-5-11-28)15-25-14-18-8-12-29(13-9-18)23-22-20(19-6-2-1-3-7-19)16-31-24(22)27-17-26-23/h1-3,6-7,16-18,25H,4-5,8-15H2. The number of anilines is 1. The van der Waals surface area contributed by atoms with Crippen molar-refractivity contribution in [1.82, 2.24) is 20.2 Å². The summed E-state index contributed by atoms with van der Waals surface area (Å²) in [4.78, 5) is 26.9. The third kappa shape index (κ3) is 4.43. The maximum Gasteiger partial charge on any atom is 0.236 e. The van der Waals surface area contributed by atoms with Crippen molar-refractivity contribution in [1.29, 1.82) is 0 Å². The number of nitrogens with one attached hydrogen (secondary N) is 1. The van der Waals surface area contributed by atoms with Crippen molar-refractivity contribution in [2.75, 3.05) is 44.2 Å². The number of aromatic nitrogens is 2. The molecular formula is C24H29N5OS. The van der Waals surface area contributed by atoms with Crippen LogP contribution < -0.4 is 10.2 Å². The first-order chi connectivity index (χ1) is 15.3. The van der Waals surface area contributed by atoms with Gasteiger partial charge in [0.15, 0.2) is 0 Å². The molecule has 0 aliphatic carbocycles. The number of hydrogen-bond acceptors (Lipinski definition) is 6. The summed E-state index contributed by atoms with van der Waals surface area (Å²) >= 11 is 1.69. The van der Waals surface area contributed by atoms with Crippen molar-refractivity contribution < 1.29 is 4.79 Å². The second kappa shape index (κ2) is 9.32. The minimum absolute atomic E-state index is 0.254. The Hall–Kier alpha value is -2.51. The molecule has 2 aliphatic rings. The van der Waals surface area contributed by atoms with Crippen LogP contribution in [-0.2, 0) is 4.79 Å². The molecule has 0 bridgehead atoms. The van der Waals surface area contributed by atoms with Crippen LogP contribution in [0.1, 0.15) is 25.7 Å². The Morgan fingerprint density at radius 2 is 1.84 bits per heavy atom. The fraction of sp³-hybridized carbons (Fsp3) is 0.458. The zero-order valence-electron chi connectivity index (χ0n) is 17.8. The van der Waals surface area contributed by atoms with Gasteiger partial charge in [-0.05, 0) is 43.7 Å². The number of rotatable bonds is 6. The minimum atomic E-state index is 0.254. The number of benzene rings is 1. The van der Waals surface area contributed by atoms with E-state index in [9.17, 15) is 4.79 Å². The summed E-state index contributed by atoms with van der Waals surface area (Å²) in [5.74, 6) is 1.92. The highest BCUT2D eigenvalue weighted by Gasteiger charge is 2.24. The smallest absolute Gasteiger partial charge is 0.236 e. The molecule has 3 aromatic rings.